The van der Waals surface area contributed by atoms with Gasteiger partial charge in [0.1, 0.15) is 0 Å². The van der Waals surface area contributed by atoms with E-state index in [-0.39, 0.29) is 0 Å². The molecule has 0 bridgehead atoms. The fourth-order valence-electron chi connectivity index (χ4n) is 0.893. The molecule has 0 saturated heterocycles. The van der Waals surface area contributed by atoms with E-state index in [0.29, 0.717) is 0 Å². The molecule has 1 rings (SSSR count). The number of hydrogen-bond donors (Lipinski definition) is 0. The lowest BCUT2D eigenvalue weighted by molar-refractivity contribution is 0.688. The Labute approximate surface area is 86.9 Å². The molecule has 0 saturated carbocycles. The van der Waals surface area contributed by atoms with Gasteiger partial charge in [-0.25, -0.2) is 4.21 Å². The first-order valence-electron chi connectivity index (χ1n) is 4.26. The van der Waals surface area contributed by atoms with Crippen molar-refractivity contribution in [1.82, 2.24) is 0 Å². The molecule has 0 aromatic heterocycles. The third-order valence-electron chi connectivity index (χ3n) is 1.54. The van der Waals surface area contributed by atoms with Crippen LogP contribution in [0.4, 0.5) is 0 Å². The molecule has 1 aromatic carbocycles. The van der Waals surface area contributed by atoms with Crippen molar-refractivity contribution in [2.45, 2.75) is 4.90 Å². The second-order valence-electron chi connectivity index (χ2n) is 2.56. The van der Waals surface area contributed by atoms with E-state index in [1.54, 1.807) is 29.7 Å². The summed E-state index contributed by atoms with van der Waals surface area (Å²) >= 11 is 0. The quantitative estimate of drug-likeness (QED) is 0.689. The lowest BCUT2D eigenvalue weighted by Gasteiger charge is -1.93. The van der Waals surface area contributed by atoms with E-state index >= 15 is 0 Å². The maximum absolute atomic E-state index is 11.6. The van der Waals surface area contributed by atoms with Crippen LogP contribution in [0.5, 0.6) is 0 Å². The highest BCUT2D eigenvalue weighted by atomic mass is 32.2. The van der Waals surface area contributed by atoms with Crippen LogP contribution in [-0.2, 0) is 10.8 Å². The molecule has 72 valence electrons. The van der Waals surface area contributed by atoms with Gasteiger partial charge in [-0.15, -0.1) is 0 Å². The summed E-state index contributed by atoms with van der Waals surface area (Å²) in [5.74, 6) is 0. The zero-order valence-electron chi connectivity index (χ0n) is 7.80. The average molecular weight is 204 g/mol. The van der Waals surface area contributed by atoms with Gasteiger partial charge in [0.2, 0.25) is 0 Å². The normalized spacial score (nSPS) is 13.4. The molecule has 0 radical (unpaired) electrons. The number of allylic oxidation sites excluding steroid dienone is 4. The molecule has 0 aliphatic carbocycles. The molecule has 0 heterocycles. The van der Waals surface area contributed by atoms with Crippen LogP contribution in [0.2, 0.25) is 0 Å². The Morgan fingerprint density at radius 1 is 1.07 bits per heavy atom. The Morgan fingerprint density at radius 3 is 2.43 bits per heavy atom. The van der Waals surface area contributed by atoms with Crippen LogP contribution in [-0.4, -0.2) is 4.21 Å². The van der Waals surface area contributed by atoms with Crippen molar-refractivity contribution in [1.29, 1.82) is 0 Å². The van der Waals surface area contributed by atoms with Crippen LogP contribution in [0.15, 0.2) is 71.5 Å². The molecule has 1 aromatic rings. The van der Waals surface area contributed by atoms with E-state index in [1.165, 1.54) is 0 Å². The number of benzene rings is 1. The summed E-state index contributed by atoms with van der Waals surface area (Å²) < 4.78 is 11.6. The SMILES string of the molecule is C=C/C=C\C=C/S(=O)c1ccccc1. The molecule has 2 heteroatoms. The number of rotatable bonds is 4. The van der Waals surface area contributed by atoms with E-state index < -0.39 is 10.8 Å². The molecule has 0 aliphatic rings. The van der Waals surface area contributed by atoms with Crippen LogP contribution in [0.1, 0.15) is 0 Å². The third kappa shape index (κ3) is 3.54. The summed E-state index contributed by atoms with van der Waals surface area (Å²) in [6, 6.07) is 9.35. The standard InChI is InChI=1S/C12H12OS/c1-2-3-4-8-11-14(13)12-9-6-5-7-10-12/h2-11H,1H2/b4-3-,11-8-. The summed E-state index contributed by atoms with van der Waals surface area (Å²) in [4.78, 5) is 0.816. The fourth-order valence-corrected chi connectivity index (χ4v) is 1.71. The maximum atomic E-state index is 11.6. The van der Waals surface area contributed by atoms with Gasteiger partial charge in [-0.1, -0.05) is 49.1 Å². The van der Waals surface area contributed by atoms with Gasteiger partial charge in [0.15, 0.2) is 0 Å². The van der Waals surface area contributed by atoms with Crippen LogP contribution >= 0.6 is 0 Å². The predicted molar refractivity (Wildman–Crippen MR) is 61.3 cm³/mol. The van der Waals surface area contributed by atoms with Gasteiger partial charge in [-0.2, -0.15) is 0 Å². The first-order valence-corrected chi connectivity index (χ1v) is 5.47. The lowest BCUT2D eigenvalue weighted by atomic mass is 10.4. The van der Waals surface area contributed by atoms with Gasteiger partial charge in [0.25, 0.3) is 0 Å². The molecular formula is C12H12OS. The van der Waals surface area contributed by atoms with Gasteiger partial charge in [-0.05, 0) is 12.1 Å². The zero-order valence-corrected chi connectivity index (χ0v) is 8.61. The fraction of sp³-hybridized carbons (Fsp3) is 0. The highest BCUT2D eigenvalue weighted by Crippen LogP contribution is 2.06. The third-order valence-corrected chi connectivity index (χ3v) is 2.68. The molecule has 1 unspecified atom stereocenters. The van der Waals surface area contributed by atoms with E-state index in [4.69, 9.17) is 0 Å². The van der Waals surface area contributed by atoms with Gasteiger partial charge in [0.05, 0.1) is 10.8 Å². The molecular weight excluding hydrogens is 192 g/mol. The summed E-state index contributed by atoms with van der Waals surface area (Å²) in [6.07, 6.45) is 7.02. The Hall–Kier alpha value is -1.41. The largest absolute Gasteiger partial charge is 0.250 e. The minimum absolute atomic E-state index is 0.816. The van der Waals surface area contributed by atoms with Crippen molar-refractivity contribution in [2.75, 3.05) is 0 Å². The summed E-state index contributed by atoms with van der Waals surface area (Å²) in [6.45, 7) is 3.54. The van der Waals surface area contributed by atoms with Gasteiger partial charge < -0.3 is 0 Å². The van der Waals surface area contributed by atoms with Gasteiger partial charge in [-0.3, -0.25) is 0 Å². The highest BCUT2D eigenvalue weighted by Gasteiger charge is 1.95. The van der Waals surface area contributed by atoms with Crippen molar-refractivity contribution < 1.29 is 4.21 Å². The van der Waals surface area contributed by atoms with Crippen LogP contribution < -0.4 is 0 Å². The monoisotopic (exact) mass is 204 g/mol. The van der Waals surface area contributed by atoms with Crippen molar-refractivity contribution >= 4 is 10.8 Å². The molecule has 0 N–H and O–H groups in total. The Bertz CT molecular complexity index is 363. The number of hydrogen-bond acceptors (Lipinski definition) is 1. The predicted octanol–water partition coefficient (Wildman–Crippen LogP) is 3.05. The molecule has 0 spiro atoms. The topological polar surface area (TPSA) is 17.1 Å². The van der Waals surface area contributed by atoms with Crippen molar-refractivity contribution in [3.8, 4) is 0 Å². The summed E-state index contributed by atoms with van der Waals surface area (Å²) in [7, 11) is -1.05. The second-order valence-corrected chi connectivity index (χ2v) is 3.90. The average Bonchev–Trinajstić information content (AvgIpc) is 2.25. The molecule has 1 atom stereocenters. The maximum Gasteiger partial charge on any atom is 0.0775 e. The van der Waals surface area contributed by atoms with Crippen LogP contribution in [0.25, 0.3) is 0 Å². The molecule has 14 heavy (non-hydrogen) atoms. The van der Waals surface area contributed by atoms with Crippen molar-refractivity contribution in [3.63, 3.8) is 0 Å². The molecule has 1 nitrogen and oxygen atoms in total. The smallest absolute Gasteiger partial charge is 0.0775 e. The molecule has 0 aliphatic heterocycles. The molecule has 0 amide bonds. The first kappa shape index (κ1) is 10.7. The van der Waals surface area contributed by atoms with Gasteiger partial charge in [0, 0.05) is 10.3 Å². The summed E-state index contributed by atoms with van der Waals surface area (Å²) in [5, 5.41) is 1.65. The van der Waals surface area contributed by atoms with E-state index in [1.807, 2.05) is 30.3 Å². The van der Waals surface area contributed by atoms with Gasteiger partial charge >= 0.3 is 0 Å². The summed E-state index contributed by atoms with van der Waals surface area (Å²) in [5.41, 5.74) is 0. The molecule has 0 fully saturated rings. The minimum atomic E-state index is -1.05. The lowest BCUT2D eigenvalue weighted by Crippen LogP contribution is -1.83. The van der Waals surface area contributed by atoms with Crippen LogP contribution in [0.3, 0.4) is 0 Å². The van der Waals surface area contributed by atoms with Crippen molar-refractivity contribution in [3.05, 3.63) is 66.6 Å². The van der Waals surface area contributed by atoms with E-state index in [9.17, 15) is 4.21 Å². The Balaban J connectivity index is 2.64. The minimum Gasteiger partial charge on any atom is -0.250 e. The Morgan fingerprint density at radius 2 is 1.79 bits per heavy atom. The first-order chi connectivity index (χ1) is 6.84. The van der Waals surface area contributed by atoms with Crippen LogP contribution in [0, 0.1) is 0 Å². The van der Waals surface area contributed by atoms with Crippen molar-refractivity contribution in [2.24, 2.45) is 0 Å². The highest BCUT2D eigenvalue weighted by molar-refractivity contribution is 7.88. The zero-order chi connectivity index (χ0) is 10.2. The Kier molecular flexibility index (Phi) is 4.65. The second kappa shape index (κ2) is 6.11. The van der Waals surface area contributed by atoms with E-state index in [0.717, 1.165) is 4.90 Å². The van der Waals surface area contributed by atoms with E-state index in [2.05, 4.69) is 6.58 Å².